The van der Waals surface area contributed by atoms with Gasteiger partial charge in [-0.3, -0.25) is 0 Å². The SMILES string of the molecule is CCCS(=O)(=O)N1CC=C(c2cnc(N)c(-c3nnc(-c4ccccc4)o3)n2)CC1. The molecule has 1 aliphatic heterocycles. The first-order valence-corrected chi connectivity index (χ1v) is 11.3. The smallest absolute Gasteiger partial charge is 0.270 e. The molecular formula is C20H22N6O3S. The Hall–Kier alpha value is -3.11. The molecule has 4 rings (SSSR count). The molecule has 1 aliphatic rings. The fourth-order valence-corrected chi connectivity index (χ4v) is 4.69. The first-order valence-electron chi connectivity index (χ1n) is 9.67. The van der Waals surface area contributed by atoms with Gasteiger partial charge in [-0.2, -0.15) is 4.31 Å². The van der Waals surface area contributed by atoms with Crippen LogP contribution in [0.1, 0.15) is 25.5 Å². The normalized spacial score (nSPS) is 15.2. The van der Waals surface area contributed by atoms with E-state index in [0.717, 1.165) is 11.1 Å². The number of rotatable bonds is 6. The molecule has 1 aromatic carbocycles. The third-order valence-corrected chi connectivity index (χ3v) is 6.85. The quantitative estimate of drug-likeness (QED) is 0.637. The Balaban J connectivity index is 1.59. The zero-order chi connectivity index (χ0) is 21.1. The third kappa shape index (κ3) is 4.10. The third-order valence-electron chi connectivity index (χ3n) is 4.81. The average molecular weight is 427 g/mol. The van der Waals surface area contributed by atoms with E-state index < -0.39 is 10.0 Å². The summed E-state index contributed by atoms with van der Waals surface area (Å²) in [4.78, 5) is 8.80. The second kappa shape index (κ2) is 8.33. The largest absolute Gasteiger partial charge is 0.414 e. The van der Waals surface area contributed by atoms with E-state index >= 15 is 0 Å². The molecule has 0 radical (unpaired) electrons. The summed E-state index contributed by atoms with van der Waals surface area (Å²) in [6.07, 6.45) is 4.58. The number of nitrogens with two attached hydrogens (primary N) is 1. The van der Waals surface area contributed by atoms with Crippen molar-refractivity contribution in [2.45, 2.75) is 19.8 Å². The Morgan fingerprint density at radius 1 is 1.17 bits per heavy atom. The molecule has 0 fully saturated rings. The van der Waals surface area contributed by atoms with Gasteiger partial charge in [-0.15, -0.1) is 10.2 Å². The molecular weight excluding hydrogens is 404 g/mol. The van der Waals surface area contributed by atoms with Crippen LogP contribution in [0.5, 0.6) is 0 Å². The highest BCUT2D eigenvalue weighted by Crippen LogP contribution is 2.28. The average Bonchev–Trinajstić information content (AvgIpc) is 3.25. The zero-order valence-electron chi connectivity index (χ0n) is 16.5. The molecule has 2 aromatic heterocycles. The van der Waals surface area contributed by atoms with Crippen LogP contribution >= 0.6 is 0 Å². The number of benzene rings is 1. The second-order valence-electron chi connectivity index (χ2n) is 6.92. The van der Waals surface area contributed by atoms with Crippen molar-refractivity contribution >= 4 is 21.4 Å². The van der Waals surface area contributed by atoms with Gasteiger partial charge in [-0.25, -0.2) is 18.4 Å². The molecule has 3 heterocycles. The molecule has 30 heavy (non-hydrogen) atoms. The van der Waals surface area contributed by atoms with E-state index in [1.807, 2.05) is 43.3 Å². The molecule has 0 saturated heterocycles. The summed E-state index contributed by atoms with van der Waals surface area (Å²) in [6.45, 7) is 2.58. The Labute approximate surface area is 174 Å². The van der Waals surface area contributed by atoms with Crippen LogP contribution in [0.4, 0.5) is 5.82 Å². The van der Waals surface area contributed by atoms with Crippen molar-refractivity contribution in [2.75, 3.05) is 24.6 Å². The molecule has 0 saturated carbocycles. The van der Waals surface area contributed by atoms with Crippen molar-refractivity contribution in [1.82, 2.24) is 24.5 Å². The van der Waals surface area contributed by atoms with E-state index in [1.54, 1.807) is 6.20 Å². The first-order chi connectivity index (χ1) is 14.5. The summed E-state index contributed by atoms with van der Waals surface area (Å²) in [5.74, 6) is 0.892. The predicted molar refractivity (Wildman–Crippen MR) is 113 cm³/mol. The number of nitrogen functional groups attached to an aromatic ring is 1. The van der Waals surface area contributed by atoms with Crippen molar-refractivity contribution < 1.29 is 12.8 Å². The van der Waals surface area contributed by atoms with Crippen LogP contribution in [-0.2, 0) is 10.0 Å². The van der Waals surface area contributed by atoms with Gasteiger partial charge in [-0.05, 0) is 30.5 Å². The monoisotopic (exact) mass is 426 g/mol. The van der Waals surface area contributed by atoms with Crippen molar-refractivity contribution in [3.05, 3.63) is 48.3 Å². The number of aromatic nitrogens is 4. The Morgan fingerprint density at radius 2 is 1.93 bits per heavy atom. The molecule has 10 heteroatoms. The van der Waals surface area contributed by atoms with Crippen LogP contribution in [0.2, 0.25) is 0 Å². The minimum absolute atomic E-state index is 0.156. The highest BCUT2D eigenvalue weighted by molar-refractivity contribution is 7.89. The van der Waals surface area contributed by atoms with Gasteiger partial charge < -0.3 is 10.2 Å². The summed E-state index contributed by atoms with van der Waals surface area (Å²) in [6, 6.07) is 9.41. The lowest BCUT2D eigenvalue weighted by Crippen LogP contribution is -2.36. The minimum atomic E-state index is -3.22. The van der Waals surface area contributed by atoms with E-state index in [0.29, 0.717) is 43.2 Å². The van der Waals surface area contributed by atoms with Crippen LogP contribution in [0.15, 0.2) is 47.0 Å². The molecule has 3 aromatic rings. The molecule has 0 amide bonds. The molecule has 0 aliphatic carbocycles. The Morgan fingerprint density at radius 3 is 2.63 bits per heavy atom. The topological polar surface area (TPSA) is 128 Å². The maximum absolute atomic E-state index is 12.3. The van der Waals surface area contributed by atoms with E-state index in [1.165, 1.54) is 4.31 Å². The van der Waals surface area contributed by atoms with Crippen LogP contribution in [0.25, 0.3) is 28.6 Å². The standard InChI is InChI=1S/C20H22N6O3S/c1-2-12-30(27,28)26-10-8-14(9-11-26)16-13-22-18(21)17(23-16)20-25-24-19(29-20)15-6-4-3-5-7-15/h3-8,13H,2,9-12H2,1H3,(H2,21,22). The van der Waals surface area contributed by atoms with Gasteiger partial charge >= 0.3 is 0 Å². The molecule has 0 atom stereocenters. The van der Waals surface area contributed by atoms with E-state index in [2.05, 4.69) is 20.2 Å². The lowest BCUT2D eigenvalue weighted by Gasteiger charge is -2.25. The van der Waals surface area contributed by atoms with Crippen molar-refractivity contribution in [3.63, 3.8) is 0 Å². The lowest BCUT2D eigenvalue weighted by atomic mass is 10.1. The molecule has 0 unspecified atom stereocenters. The van der Waals surface area contributed by atoms with Crippen molar-refractivity contribution in [2.24, 2.45) is 0 Å². The van der Waals surface area contributed by atoms with Gasteiger partial charge in [0.05, 0.1) is 17.6 Å². The molecule has 2 N–H and O–H groups in total. The number of anilines is 1. The van der Waals surface area contributed by atoms with Crippen LogP contribution in [0, 0.1) is 0 Å². The number of sulfonamides is 1. The fraction of sp³-hybridized carbons (Fsp3) is 0.300. The predicted octanol–water partition coefficient (Wildman–Crippen LogP) is 2.60. The number of hydrogen-bond donors (Lipinski definition) is 1. The van der Waals surface area contributed by atoms with E-state index in [4.69, 9.17) is 10.2 Å². The van der Waals surface area contributed by atoms with Gasteiger partial charge in [-0.1, -0.05) is 31.2 Å². The van der Waals surface area contributed by atoms with Gasteiger partial charge in [0.1, 0.15) is 0 Å². The zero-order valence-corrected chi connectivity index (χ0v) is 17.3. The van der Waals surface area contributed by atoms with Gasteiger partial charge in [0.15, 0.2) is 11.5 Å². The fourth-order valence-electron chi connectivity index (χ4n) is 3.25. The highest BCUT2D eigenvalue weighted by Gasteiger charge is 2.25. The second-order valence-corrected chi connectivity index (χ2v) is 9.01. The summed E-state index contributed by atoms with van der Waals surface area (Å²) in [5.41, 5.74) is 8.63. The van der Waals surface area contributed by atoms with E-state index in [-0.39, 0.29) is 17.5 Å². The van der Waals surface area contributed by atoms with Gasteiger partial charge in [0, 0.05) is 18.7 Å². The van der Waals surface area contributed by atoms with Crippen molar-refractivity contribution in [1.29, 1.82) is 0 Å². The summed E-state index contributed by atoms with van der Waals surface area (Å²) < 4.78 is 31.8. The highest BCUT2D eigenvalue weighted by atomic mass is 32.2. The minimum Gasteiger partial charge on any atom is -0.414 e. The van der Waals surface area contributed by atoms with Crippen molar-refractivity contribution in [3.8, 4) is 23.0 Å². The lowest BCUT2D eigenvalue weighted by molar-refractivity contribution is 0.440. The molecule has 9 nitrogen and oxygen atoms in total. The summed E-state index contributed by atoms with van der Waals surface area (Å²) in [7, 11) is -3.22. The maximum atomic E-state index is 12.3. The van der Waals surface area contributed by atoms with Gasteiger partial charge in [0.25, 0.3) is 5.89 Å². The van der Waals surface area contributed by atoms with Crippen LogP contribution < -0.4 is 5.73 Å². The molecule has 156 valence electrons. The van der Waals surface area contributed by atoms with Gasteiger partial charge in [0.2, 0.25) is 15.9 Å². The van der Waals surface area contributed by atoms with Crippen LogP contribution in [-0.4, -0.2) is 51.7 Å². The summed E-state index contributed by atoms with van der Waals surface area (Å²) in [5, 5.41) is 8.14. The molecule has 0 spiro atoms. The van der Waals surface area contributed by atoms with E-state index in [9.17, 15) is 8.42 Å². The maximum Gasteiger partial charge on any atom is 0.270 e. The number of hydrogen-bond acceptors (Lipinski definition) is 8. The Bertz CT molecular complexity index is 1170. The van der Waals surface area contributed by atoms with Crippen LogP contribution in [0.3, 0.4) is 0 Å². The Kier molecular flexibility index (Phi) is 5.60. The molecule has 0 bridgehead atoms. The number of nitrogens with zero attached hydrogens (tertiary/aromatic N) is 5. The first kappa shape index (κ1) is 20.2. The summed E-state index contributed by atoms with van der Waals surface area (Å²) >= 11 is 0.